The molecule has 0 saturated carbocycles. The van der Waals surface area contributed by atoms with Crippen LogP contribution in [0.25, 0.3) is 6.08 Å². The zero-order valence-corrected chi connectivity index (χ0v) is 12.8. The fraction of sp³-hybridized carbons (Fsp3) is 0.176. The van der Waals surface area contributed by atoms with E-state index in [1.165, 1.54) is 10.0 Å². The van der Waals surface area contributed by atoms with Gasteiger partial charge >= 0.3 is 121 Å². The van der Waals surface area contributed by atoms with Crippen molar-refractivity contribution in [3.8, 4) is 5.75 Å². The van der Waals surface area contributed by atoms with Gasteiger partial charge in [-0.1, -0.05) is 0 Å². The third-order valence-corrected chi connectivity index (χ3v) is 4.61. The zero-order chi connectivity index (χ0) is 13.3. The molecule has 0 aliphatic heterocycles. The molecule has 0 aromatic heterocycles. The molecule has 2 heteroatoms. The standard InChI is InChI=1S/C17H18OSe/c1-2-18-16-12-10-15(11-13-16)7-6-14-19-17-8-4-3-5-9-17/h3-13H,2,14H2,1H3/b7-6+. The first kappa shape index (κ1) is 13.9. The van der Waals surface area contributed by atoms with Crippen molar-refractivity contribution in [3.63, 3.8) is 0 Å². The minimum atomic E-state index is 0.531. The number of benzene rings is 2. The van der Waals surface area contributed by atoms with Crippen LogP contribution in [0, 0.1) is 0 Å². The van der Waals surface area contributed by atoms with Crippen LogP contribution in [0.5, 0.6) is 5.75 Å². The summed E-state index contributed by atoms with van der Waals surface area (Å²) in [5.74, 6) is 0.938. The van der Waals surface area contributed by atoms with Crippen LogP contribution in [0.2, 0.25) is 5.32 Å². The van der Waals surface area contributed by atoms with Crippen molar-refractivity contribution in [3.05, 3.63) is 66.2 Å². The number of hydrogen-bond acceptors (Lipinski definition) is 1. The summed E-state index contributed by atoms with van der Waals surface area (Å²) in [4.78, 5) is 0. The third-order valence-electron chi connectivity index (χ3n) is 2.59. The van der Waals surface area contributed by atoms with Gasteiger partial charge < -0.3 is 0 Å². The summed E-state index contributed by atoms with van der Waals surface area (Å²) >= 11 is 0.531. The van der Waals surface area contributed by atoms with E-state index in [4.69, 9.17) is 4.74 Å². The first-order chi connectivity index (χ1) is 9.38. The Kier molecular flexibility index (Phi) is 5.74. The van der Waals surface area contributed by atoms with Crippen LogP contribution < -0.4 is 9.20 Å². The topological polar surface area (TPSA) is 9.23 Å². The SMILES string of the molecule is CCOc1ccc(/C=C/C[Se]c2ccccc2)cc1. The molecule has 0 N–H and O–H groups in total. The van der Waals surface area contributed by atoms with E-state index < -0.39 is 0 Å². The molecule has 0 aliphatic carbocycles. The second-order valence-electron chi connectivity index (χ2n) is 4.03. The van der Waals surface area contributed by atoms with Crippen molar-refractivity contribution < 1.29 is 4.74 Å². The van der Waals surface area contributed by atoms with Crippen LogP contribution in [-0.4, -0.2) is 21.6 Å². The molecule has 0 radical (unpaired) electrons. The number of allylic oxidation sites excluding steroid dienone is 1. The van der Waals surface area contributed by atoms with Crippen LogP contribution >= 0.6 is 0 Å². The van der Waals surface area contributed by atoms with Crippen molar-refractivity contribution in [1.29, 1.82) is 0 Å². The summed E-state index contributed by atoms with van der Waals surface area (Å²) in [5.41, 5.74) is 1.23. The molecule has 0 heterocycles. The monoisotopic (exact) mass is 318 g/mol. The molecule has 0 spiro atoms. The van der Waals surface area contributed by atoms with Crippen LogP contribution in [0.4, 0.5) is 0 Å². The average molecular weight is 317 g/mol. The summed E-state index contributed by atoms with van der Waals surface area (Å²) in [5, 5.41) is 1.13. The first-order valence-corrected chi connectivity index (χ1v) is 8.52. The molecular weight excluding hydrogens is 299 g/mol. The van der Waals surface area contributed by atoms with Crippen molar-refractivity contribution in [2.24, 2.45) is 0 Å². The van der Waals surface area contributed by atoms with E-state index >= 15 is 0 Å². The molecule has 0 saturated heterocycles. The van der Waals surface area contributed by atoms with Gasteiger partial charge in [-0.25, -0.2) is 0 Å². The fourth-order valence-electron chi connectivity index (χ4n) is 1.69. The normalized spacial score (nSPS) is 10.8. The second kappa shape index (κ2) is 7.83. The molecule has 0 aliphatic rings. The van der Waals surface area contributed by atoms with Gasteiger partial charge in [-0.05, 0) is 0 Å². The van der Waals surface area contributed by atoms with Gasteiger partial charge in [0.25, 0.3) is 0 Å². The van der Waals surface area contributed by atoms with Crippen molar-refractivity contribution >= 4 is 25.5 Å². The van der Waals surface area contributed by atoms with Gasteiger partial charge in [-0.3, -0.25) is 0 Å². The Bertz CT molecular complexity index is 503. The molecule has 2 aromatic rings. The van der Waals surface area contributed by atoms with Crippen LogP contribution in [0.3, 0.4) is 0 Å². The third kappa shape index (κ3) is 4.94. The molecule has 1 nitrogen and oxygen atoms in total. The van der Waals surface area contributed by atoms with E-state index in [9.17, 15) is 0 Å². The van der Waals surface area contributed by atoms with Crippen molar-refractivity contribution in [2.45, 2.75) is 12.2 Å². The van der Waals surface area contributed by atoms with Crippen LogP contribution in [0.1, 0.15) is 12.5 Å². The Morgan fingerprint density at radius 3 is 2.42 bits per heavy atom. The Morgan fingerprint density at radius 1 is 1.00 bits per heavy atom. The quantitative estimate of drug-likeness (QED) is 0.741. The Morgan fingerprint density at radius 2 is 1.74 bits per heavy atom. The van der Waals surface area contributed by atoms with E-state index in [0.29, 0.717) is 15.0 Å². The molecule has 2 aromatic carbocycles. The Balaban J connectivity index is 1.82. The Hall–Kier alpha value is -1.50. The van der Waals surface area contributed by atoms with E-state index in [0.717, 1.165) is 17.7 Å². The van der Waals surface area contributed by atoms with Gasteiger partial charge in [0.2, 0.25) is 0 Å². The van der Waals surface area contributed by atoms with Gasteiger partial charge in [0.1, 0.15) is 0 Å². The molecule has 0 unspecified atom stereocenters. The molecular formula is C17H18OSe. The van der Waals surface area contributed by atoms with Crippen LogP contribution in [-0.2, 0) is 0 Å². The molecule has 98 valence electrons. The van der Waals surface area contributed by atoms with Crippen molar-refractivity contribution in [1.82, 2.24) is 0 Å². The summed E-state index contributed by atoms with van der Waals surface area (Å²) in [6.07, 6.45) is 4.43. The van der Waals surface area contributed by atoms with Crippen LogP contribution in [0.15, 0.2) is 60.7 Å². The van der Waals surface area contributed by atoms with Gasteiger partial charge in [-0.15, -0.1) is 0 Å². The predicted octanol–water partition coefficient (Wildman–Crippen LogP) is 3.55. The molecule has 0 fully saturated rings. The maximum atomic E-state index is 5.42. The summed E-state index contributed by atoms with van der Waals surface area (Å²) in [6, 6.07) is 18.9. The molecule has 0 amide bonds. The van der Waals surface area contributed by atoms with E-state index in [2.05, 4.69) is 54.6 Å². The fourth-order valence-corrected chi connectivity index (χ4v) is 3.23. The summed E-state index contributed by atoms with van der Waals surface area (Å²) < 4.78 is 6.87. The number of ether oxygens (including phenoxy) is 1. The van der Waals surface area contributed by atoms with E-state index in [-0.39, 0.29) is 0 Å². The van der Waals surface area contributed by atoms with Crippen molar-refractivity contribution in [2.75, 3.05) is 6.61 Å². The molecule has 19 heavy (non-hydrogen) atoms. The predicted molar refractivity (Wildman–Crippen MR) is 83.3 cm³/mol. The number of rotatable bonds is 6. The van der Waals surface area contributed by atoms with E-state index in [1.54, 1.807) is 0 Å². The average Bonchev–Trinajstić information content (AvgIpc) is 2.47. The van der Waals surface area contributed by atoms with Gasteiger partial charge in [-0.2, -0.15) is 0 Å². The molecule has 0 atom stereocenters. The number of hydrogen-bond donors (Lipinski definition) is 0. The summed E-state index contributed by atoms with van der Waals surface area (Å²) in [6.45, 7) is 2.72. The zero-order valence-electron chi connectivity index (χ0n) is 11.1. The van der Waals surface area contributed by atoms with E-state index in [1.807, 2.05) is 19.1 Å². The molecule has 0 bridgehead atoms. The summed E-state index contributed by atoms with van der Waals surface area (Å²) in [7, 11) is 0. The second-order valence-corrected chi connectivity index (χ2v) is 6.32. The first-order valence-electron chi connectivity index (χ1n) is 6.46. The van der Waals surface area contributed by atoms with Gasteiger partial charge in [0.15, 0.2) is 0 Å². The van der Waals surface area contributed by atoms with Gasteiger partial charge in [0, 0.05) is 0 Å². The van der Waals surface area contributed by atoms with Gasteiger partial charge in [0.05, 0.1) is 0 Å². The Labute approximate surface area is 121 Å². The molecule has 2 rings (SSSR count). The maximum absolute atomic E-state index is 5.42. The minimum absolute atomic E-state index is 0.531.